The molecule has 0 saturated heterocycles. The van der Waals surface area contributed by atoms with Crippen LogP contribution in [0.15, 0.2) is 18.2 Å². The van der Waals surface area contributed by atoms with E-state index in [1.165, 1.54) is 17.5 Å². The van der Waals surface area contributed by atoms with Gasteiger partial charge >= 0.3 is 0 Å². The van der Waals surface area contributed by atoms with Gasteiger partial charge in [-0.1, -0.05) is 32.0 Å². The Kier molecular flexibility index (Phi) is 2.91. The zero-order chi connectivity index (χ0) is 9.14. The van der Waals surface area contributed by atoms with Crippen molar-refractivity contribution in [3.63, 3.8) is 0 Å². The van der Waals surface area contributed by atoms with Crippen LogP contribution in [-0.2, 0) is 0 Å². The molecule has 0 amide bonds. The van der Waals surface area contributed by atoms with Gasteiger partial charge in [0.2, 0.25) is 0 Å². The fourth-order valence-corrected chi connectivity index (χ4v) is 1.81. The SMILES string of the molecule is CC[C@H](C)c1c(C)cccc1C. The molecule has 0 fully saturated rings. The lowest BCUT2D eigenvalue weighted by Crippen LogP contribution is -1.97. The summed E-state index contributed by atoms with van der Waals surface area (Å²) in [5.74, 6) is 0.700. The van der Waals surface area contributed by atoms with Crippen molar-refractivity contribution in [1.82, 2.24) is 0 Å². The van der Waals surface area contributed by atoms with Crippen LogP contribution in [0.5, 0.6) is 0 Å². The number of aryl methyl sites for hydroxylation is 2. The van der Waals surface area contributed by atoms with Crippen molar-refractivity contribution < 1.29 is 0 Å². The molecule has 0 unspecified atom stereocenters. The summed E-state index contributed by atoms with van der Waals surface area (Å²) < 4.78 is 0. The first-order valence-electron chi connectivity index (χ1n) is 4.73. The highest BCUT2D eigenvalue weighted by atomic mass is 14.1. The Balaban J connectivity index is 3.12. The van der Waals surface area contributed by atoms with Gasteiger partial charge in [0, 0.05) is 0 Å². The first-order valence-corrected chi connectivity index (χ1v) is 4.73. The molecule has 1 atom stereocenters. The summed E-state index contributed by atoms with van der Waals surface area (Å²) in [6.07, 6.45) is 1.23. The third-order valence-electron chi connectivity index (χ3n) is 2.65. The van der Waals surface area contributed by atoms with Gasteiger partial charge in [-0.2, -0.15) is 0 Å². The second-order valence-electron chi connectivity index (χ2n) is 3.61. The Labute approximate surface area is 75.6 Å². The molecule has 0 spiro atoms. The third kappa shape index (κ3) is 1.69. The molecule has 0 N–H and O–H groups in total. The van der Waals surface area contributed by atoms with E-state index in [2.05, 4.69) is 45.9 Å². The van der Waals surface area contributed by atoms with Crippen molar-refractivity contribution in [2.45, 2.75) is 40.0 Å². The Bertz CT molecular complexity index is 240. The average Bonchev–Trinajstić information content (AvgIpc) is 2.03. The number of hydrogen-bond acceptors (Lipinski definition) is 0. The second kappa shape index (κ2) is 3.75. The van der Waals surface area contributed by atoms with Crippen molar-refractivity contribution in [1.29, 1.82) is 0 Å². The highest BCUT2D eigenvalue weighted by molar-refractivity contribution is 5.35. The van der Waals surface area contributed by atoms with Crippen LogP contribution >= 0.6 is 0 Å². The van der Waals surface area contributed by atoms with Crippen LogP contribution in [-0.4, -0.2) is 0 Å². The molecule has 0 radical (unpaired) electrons. The van der Waals surface area contributed by atoms with Crippen LogP contribution in [0.2, 0.25) is 0 Å². The maximum absolute atomic E-state index is 2.30. The number of rotatable bonds is 2. The van der Waals surface area contributed by atoms with E-state index in [4.69, 9.17) is 0 Å². The van der Waals surface area contributed by atoms with Crippen LogP contribution in [0, 0.1) is 13.8 Å². The number of hydrogen-bond donors (Lipinski definition) is 0. The number of benzene rings is 1. The molecule has 0 aromatic heterocycles. The molecule has 12 heavy (non-hydrogen) atoms. The van der Waals surface area contributed by atoms with E-state index in [0.717, 1.165) is 0 Å². The van der Waals surface area contributed by atoms with Gasteiger partial charge in [0.25, 0.3) is 0 Å². The van der Waals surface area contributed by atoms with E-state index in [-0.39, 0.29) is 0 Å². The molecule has 0 aliphatic heterocycles. The van der Waals surface area contributed by atoms with E-state index in [9.17, 15) is 0 Å². The highest BCUT2D eigenvalue weighted by Crippen LogP contribution is 2.25. The molecule has 0 heterocycles. The zero-order valence-corrected chi connectivity index (χ0v) is 8.52. The van der Waals surface area contributed by atoms with E-state index in [1.54, 1.807) is 5.56 Å². The van der Waals surface area contributed by atoms with Gasteiger partial charge in [0.15, 0.2) is 0 Å². The molecule has 0 nitrogen and oxygen atoms in total. The lowest BCUT2D eigenvalue weighted by molar-refractivity contribution is 0.723. The maximum Gasteiger partial charge on any atom is -0.0188 e. The Morgan fingerprint density at radius 1 is 1.17 bits per heavy atom. The third-order valence-corrected chi connectivity index (χ3v) is 2.65. The lowest BCUT2D eigenvalue weighted by Gasteiger charge is -2.15. The van der Waals surface area contributed by atoms with Crippen LogP contribution < -0.4 is 0 Å². The molecule has 1 aromatic carbocycles. The molecule has 0 aliphatic rings. The molecule has 0 heteroatoms. The normalized spacial score (nSPS) is 13.0. The van der Waals surface area contributed by atoms with E-state index in [0.29, 0.717) is 5.92 Å². The van der Waals surface area contributed by atoms with Crippen LogP contribution in [0.4, 0.5) is 0 Å². The molecule has 0 aliphatic carbocycles. The quantitative estimate of drug-likeness (QED) is 0.620. The van der Waals surface area contributed by atoms with Crippen molar-refractivity contribution in [3.8, 4) is 0 Å². The minimum Gasteiger partial charge on any atom is -0.0648 e. The molecule has 66 valence electrons. The standard InChI is InChI=1S/C12H18/c1-5-9(2)12-10(3)7-6-8-11(12)4/h6-9H,5H2,1-4H3/t9-/m0/s1. The maximum atomic E-state index is 2.30. The fraction of sp³-hybridized carbons (Fsp3) is 0.500. The van der Waals surface area contributed by atoms with Crippen LogP contribution in [0.1, 0.15) is 42.9 Å². The second-order valence-corrected chi connectivity index (χ2v) is 3.61. The van der Waals surface area contributed by atoms with Gasteiger partial charge in [-0.05, 0) is 42.9 Å². The summed E-state index contributed by atoms with van der Waals surface area (Å²) in [6, 6.07) is 6.54. The van der Waals surface area contributed by atoms with E-state index >= 15 is 0 Å². The van der Waals surface area contributed by atoms with Crippen molar-refractivity contribution in [2.75, 3.05) is 0 Å². The summed E-state index contributed by atoms with van der Waals surface area (Å²) in [6.45, 7) is 8.95. The predicted molar refractivity (Wildman–Crippen MR) is 54.6 cm³/mol. The summed E-state index contributed by atoms with van der Waals surface area (Å²) in [5, 5.41) is 0. The Morgan fingerprint density at radius 3 is 2.08 bits per heavy atom. The zero-order valence-electron chi connectivity index (χ0n) is 8.52. The Hall–Kier alpha value is -0.780. The molecular formula is C12H18. The predicted octanol–water partition coefficient (Wildman–Crippen LogP) is 3.82. The summed E-state index contributed by atoms with van der Waals surface area (Å²) in [5.41, 5.74) is 4.41. The summed E-state index contributed by atoms with van der Waals surface area (Å²) >= 11 is 0. The van der Waals surface area contributed by atoms with Gasteiger partial charge in [-0.25, -0.2) is 0 Å². The van der Waals surface area contributed by atoms with Gasteiger partial charge in [0.05, 0.1) is 0 Å². The van der Waals surface area contributed by atoms with E-state index in [1.807, 2.05) is 0 Å². The molecule has 1 rings (SSSR count). The summed E-state index contributed by atoms with van der Waals surface area (Å²) in [7, 11) is 0. The summed E-state index contributed by atoms with van der Waals surface area (Å²) in [4.78, 5) is 0. The Morgan fingerprint density at radius 2 is 1.67 bits per heavy atom. The van der Waals surface area contributed by atoms with Crippen LogP contribution in [0.3, 0.4) is 0 Å². The van der Waals surface area contributed by atoms with Crippen molar-refractivity contribution in [2.24, 2.45) is 0 Å². The lowest BCUT2D eigenvalue weighted by atomic mass is 9.90. The highest BCUT2D eigenvalue weighted by Gasteiger charge is 2.07. The topological polar surface area (TPSA) is 0 Å². The molecule has 1 aromatic rings. The van der Waals surface area contributed by atoms with Crippen molar-refractivity contribution >= 4 is 0 Å². The first-order chi connectivity index (χ1) is 5.66. The van der Waals surface area contributed by atoms with Gasteiger partial charge in [0.1, 0.15) is 0 Å². The van der Waals surface area contributed by atoms with E-state index < -0.39 is 0 Å². The molecular weight excluding hydrogens is 144 g/mol. The molecule has 0 saturated carbocycles. The monoisotopic (exact) mass is 162 g/mol. The minimum atomic E-state index is 0.700. The first kappa shape index (κ1) is 9.31. The van der Waals surface area contributed by atoms with Crippen LogP contribution in [0.25, 0.3) is 0 Å². The largest absolute Gasteiger partial charge is 0.0648 e. The van der Waals surface area contributed by atoms with Gasteiger partial charge in [-0.15, -0.1) is 0 Å². The van der Waals surface area contributed by atoms with Gasteiger partial charge in [-0.3, -0.25) is 0 Å². The van der Waals surface area contributed by atoms with Gasteiger partial charge < -0.3 is 0 Å². The fourth-order valence-electron chi connectivity index (χ4n) is 1.81. The molecule has 0 bridgehead atoms. The average molecular weight is 162 g/mol. The minimum absolute atomic E-state index is 0.700. The smallest absolute Gasteiger partial charge is 0.0188 e. The van der Waals surface area contributed by atoms with Crippen molar-refractivity contribution in [3.05, 3.63) is 34.9 Å².